The molecule has 0 aliphatic heterocycles. The van der Waals surface area contributed by atoms with Crippen LogP contribution < -0.4 is 0 Å². The molecule has 1 N–H and O–H groups in total. The smallest absolute Gasteiger partial charge is 0.339 e. The molecule has 0 unspecified atom stereocenters. The van der Waals surface area contributed by atoms with Crippen LogP contribution >= 0.6 is 11.3 Å². The molecule has 0 aliphatic carbocycles. The molecule has 0 spiro atoms. The fraction of sp³-hybridized carbons (Fsp3) is 0.263. The normalized spacial score (nSPS) is 10.8. The summed E-state index contributed by atoms with van der Waals surface area (Å²) in [6.45, 7) is 4.45. The summed E-state index contributed by atoms with van der Waals surface area (Å²) in [6, 6.07) is 8.84. The number of nitrogens with zero attached hydrogens (tertiary/aromatic N) is 1. The largest absolute Gasteiger partial charge is 0.478 e. The maximum absolute atomic E-state index is 13.0. The van der Waals surface area contributed by atoms with Crippen LogP contribution in [-0.4, -0.2) is 21.9 Å². The Labute approximate surface area is 154 Å². The van der Waals surface area contributed by atoms with Gasteiger partial charge in [0, 0.05) is 22.2 Å². The van der Waals surface area contributed by atoms with E-state index in [1.54, 1.807) is 41.6 Å². The zero-order valence-corrected chi connectivity index (χ0v) is 15.3. The molecule has 3 aromatic rings. The van der Waals surface area contributed by atoms with Gasteiger partial charge in [0.15, 0.2) is 5.76 Å². The molecule has 136 valence electrons. The molecule has 0 atom stereocenters. The van der Waals surface area contributed by atoms with Gasteiger partial charge in [-0.15, -0.1) is 11.3 Å². The van der Waals surface area contributed by atoms with Crippen molar-refractivity contribution in [3.63, 3.8) is 0 Å². The Morgan fingerprint density at radius 1 is 1.23 bits per heavy atom. The van der Waals surface area contributed by atoms with Crippen LogP contribution in [0.3, 0.4) is 0 Å². The molecule has 0 radical (unpaired) electrons. The first-order valence-electron chi connectivity index (χ1n) is 8.21. The summed E-state index contributed by atoms with van der Waals surface area (Å²) in [4.78, 5) is 28.1. The highest BCUT2D eigenvalue weighted by Gasteiger charge is 2.25. The van der Waals surface area contributed by atoms with Gasteiger partial charge < -0.3 is 18.8 Å². The molecule has 1 amide bonds. The van der Waals surface area contributed by atoms with Crippen LogP contribution in [0.4, 0.5) is 0 Å². The summed E-state index contributed by atoms with van der Waals surface area (Å²) in [5.41, 5.74) is 0.0285. The molecule has 0 bridgehead atoms. The number of thiophene rings is 1. The highest BCUT2D eigenvalue weighted by atomic mass is 32.1. The molecule has 0 aromatic carbocycles. The molecule has 3 aromatic heterocycles. The summed E-state index contributed by atoms with van der Waals surface area (Å²) in [5.74, 6) is -0.497. The predicted molar refractivity (Wildman–Crippen MR) is 96.4 cm³/mol. The summed E-state index contributed by atoms with van der Waals surface area (Å²) in [7, 11) is 0. The zero-order valence-electron chi connectivity index (χ0n) is 14.5. The van der Waals surface area contributed by atoms with Crippen LogP contribution in [0.25, 0.3) is 0 Å². The SMILES string of the molecule is CCc1oc(C(=O)N(Cc2ccco2)Cc2ccc(C)s2)cc1C(=O)O. The van der Waals surface area contributed by atoms with Crippen molar-refractivity contribution >= 4 is 23.2 Å². The van der Waals surface area contributed by atoms with Crippen LogP contribution in [0.5, 0.6) is 0 Å². The van der Waals surface area contributed by atoms with Gasteiger partial charge in [0.1, 0.15) is 17.1 Å². The molecule has 0 aliphatic rings. The lowest BCUT2D eigenvalue weighted by Gasteiger charge is -2.19. The first-order valence-corrected chi connectivity index (χ1v) is 9.02. The average Bonchev–Trinajstić information content (AvgIpc) is 3.34. The number of carboxylic acids is 1. The van der Waals surface area contributed by atoms with Gasteiger partial charge in [-0.3, -0.25) is 4.79 Å². The van der Waals surface area contributed by atoms with Crippen molar-refractivity contribution in [2.75, 3.05) is 0 Å². The van der Waals surface area contributed by atoms with E-state index in [1.807, 2.05) is 19.1 Å². The number of hydrogen-bond acceptors (Lipinski definition) is 5. The second kappa shape index (κ2) is 7.61. The Bertz CT molecular complexity index is 906. The van der Waals surface area contributed by atoms with E-state index in [0.717, 1.165) is 9.75 Å². The van der Waals surface area contributed by atoms with Crippen LogP contribution in [0.15, 0.2) is 45.4 Å². The van der Waals surface area contributed by atoms with Crippen molar-refractivity contribution in [2.45, 2.75) is 33.4 Å². The summed E-state index contributed by atoms with van der Waals surface area (Å²) in [5, 5.41) is 9.28. The molecule has 6 nitrogen and oxygen atoms in total. The Hall–Kier alpha value is -2.80. The van der Waals surface area contributed by atoms with Crippen molar-refractivity contribution in [2.24, 2.45) is 0 Å². The number of aromatic carboxylic acids is 1. The van der Waals surface area contributed by atoms with Crippen molar-refractivity contribution in [1.82, 2.24) is 4.90 Å². The second-order valence-electron chi connectivity index (χ2n) is 5.86. The third-order valence-electron chi connectivity index (χ3n) is 3.93. The lowest BCUT2D eigenvalue weighted by molar-refractivity contribution is 0.0679. The minimum Gasteiger partial charge on any atom is -0.478 e. The van der Waals surface area contributed by atoms with E-state index < -0.39 is 5.97 Å². The van der Waals surface area contributed by atoms with Gasteiger partial charge in [0.25, 0.3) is 5.91 Å². The van der Waals surface area contributed by atoms with E-state index in [0.29, 0.717) is 24.5 Å². The monoisotopic (exact) mass is 373 g/mol. The van der Waals surface area contributed by atoms with Crippen LogP contribution in [0.2, 0.25) is 0 Å². The number of carbonyl (C=O) groups is 2. The first kappa shape index (κ1) is 18.0. The quantitative estimate of drug-likeness (QED) is 0.666. The van der Waals surface area contributed by atoms with E-state index in [2.05, 4.69) is 0 Å². The van der Waals surface area contributed by atoms with Gasteiger partial charge in [0.05, 0.1) is 19.4 Å². The van der Waals surface area contributed by atoms with Gasteiger partial charge in [-0.1, -0.05) is 6.92 Å². The molecule has 7 heteroatoms. The number of furan rings is 2. The number of carboxylic acid groups (broad SMARTS) is 1. The fourth-order valence-corrected chi connectivity index (χ4v) is 3.59. The second-order valence-corrected chi connectivity index (χ2v) is 7.23. The average molecular weight is 373 g/mol. The molecule has 0 fully saturated rings. The van der Waals surface area contributed by atoms with Gasteiger partial charge in [-0.2, -0.15) is 0 Å². The number of hydrogen-bond donors (Lipinski definition) is 1. The molecular weight excluding hydrogens is 354 g/mol. The fourth-order valence-electron chi connectivity index (χ4n) is 2.68. The van der Waals surface area contributed by atoms with E-state index in [1.165, 1.54) is 6.07 Å². The predicted octanol–water partition coefficient (Wildman–Crippen LogP) is 4.35. The Balaban J connectivity index is 1.89. The van der Waals surface area contributed by atoms with Crippen LogP contribution in [0, 0.1) is 6.92 Å². The topological polar surface area (TPSA) is 83.9 Å². The minimum absolute atomic E-state index is 0.0269. The van der Waals surface area contributed by atoms with Gasteiger partial charge in [-0.05, 0) is 31.2 Å². The number of carbonyl (C=O) groups excluding carboxylic acids is 1. The zero-order chi connectivity index (χ0) is 18.7. The van der Waals surface area contributed by atoms with E-state index >= 15 is 0 Å². The molecule has 3 heterocycles. The maximum atomic E-state index is 13.0. The van der Waals surface area contributed by atoms with E-state index in [9.17, 15) is 14.7 Å². The summed E-state index contributed by atoms with van der Waals surface area (Å²) >= 11 is 1.61. The standard InChI is InChI=1S/C19H19NO5S/c1-3-16-15(19(22)23)9-17(25-16)18(21)20(10-13-5-4-8-24-13)11-14-7-6-12(2)26-14/h4-9H,3,10-11H2,1-2H3,(H,22,23). The highest BCUT2D eigenvalue weighted by Crippen LogP contribution is 2.23. The van der Waals surface area contributed by atoms with E-state index in [4.69, 9.17) is 8.83 Å². The Kier molecular flexibility index (Phi) is 5.27. The highest BCUT2D eigenvalue weighted by molar-refractivity contribution is 7.11. The van der Waals surface area contributed by atoms with Crippen molar-refractivity contribution in [1.29, 1.82) is 0 Å². The first-order chi connectivity index (χ1) is 12.5. The Morgan fingerprint density at radius 2 is 2.04 bits per heavy atom. The maximum Gasteiger partial charge on any atom is 0.339 e. The van der Waals surface area contributed by atoms with Gasteiger partial charge >= 0.3 is 5.97 Å². The Morgan fingerprint density at radius 3 is 2.58 bits per heavy atom. The number of rotatable bonds is 7. The van der Waals surface area contributed by atoms with Crippen LogP contribution in [0.1, 0.15) is 49.1 Å². The van der Waals surface area contributed by atoms with Gasteiger partial charge in [0.2, 0.25) is 0 Å². The third-order valence-corrected chi connectivity index (χ3v) is 4.91. The van der Waals surface area contributed by atoms with Crippen LogP contribution in [-0.2, 0) is 19.5 Å². The van der Waals surface area contributed by atoms with Crippen molar-refractivity contribution in [3.8, 4) is 0 Å². The lowest BCUT2D eigenvalue weighted by Crippen LogP contribution is -2.29. The third kappa shape index (κ3) is 3.88. The molecule has 0 saturated carbocycles. The molecule has 3 rings (SSSR count). The molecule has 0 saturated heterocycles. The molecular formula is C19H19NO5S. The lowest BCUT2D eigenvalue weighted by atomic mass is 10.2. The minimum atomic E-state index is -1.10. The van der Waals surface area contributed by atoms with Crippen molar-refractivity contribution < 1.29 is 23.5 Å². The van der Waals surface area contributed by atoms with Crippen molar-refractivity contribution in [3.05, 3.63) is 69.2 Å². The summed E-state index contributed by atoms with van der Waals surface area (Å²) in [6.07, 6.45) is 1.95. The summed E-state index contributed by atoms with van der Waals surface area (Å²) < 4.78 is 10.9. The van der Waals surface area contributed by atoms with E-state index in [-0.39, 0.29) is 23.8 Å². The van der Waals surface area contributed by atoms with Gasteiger partial charge in [-0.25, -0.2) is 4.79 Å². The molecule has 26 heavy (non-hydrogen) atoms. The number of aryl methyl sites for hydroxylation is 2. The number of amides is 1.